The van der Waals surface area contributed by atoms with Gasteiger partial charge in [-0.25, -0.2) is 0 Å². The first kappa shape index (κ1) is 14.6. The Labute approximate surface area is 130 Å². The fourth-order valence-corrected chi connectivity index (χ4v) is 2.42. The second-order valence-corrected chi connectivity index (χ2v) is 5.29. The van der Waals surface area contributed by atoms with Crippen LogP contribution in [0.25, 0.3) is 0 Å². The first-order chi connectivity index (χ1) is 10.8. The van der Waals surface area contributed by atoms with Gasteiger partial charge >= 0.3 is 0 Å². The fraction of sp³-hybridized carbons (Fsp3) is 0.278. The zero-order valence-electron chi connectivity index (χ0n) is 12.3. The van der Waals surface area contributed by atoms with Crippen LogP contribution in [0.5, 0.6) is 5.75 Å². The van der Waals surface area contributed by atoms with Crippen molar-refractivity contribution >= 4 is 11.6 Å². The minimum Gasteiger partial charge on any atom is -0.491 e. The Balaban J connectivity index is 1.59. The number of rotatable bonds is 5. The Morgan fingerprint density at radius 1 is 1.18 bits per heavy atom. The molecule has 1 saturated heterocycles. The smallest absolute Gasteiger partial charge is 0.255 e. The van der Waals surface area contributed by atoms with Crippen LogP contribution in [-0.2, 0) is 4.74 Å². The third-order valence-electron chi connectivity index (χ3n) is 3.59. The summed E-state index contributed by atoms with van der Waals surface area (Å²) in [4.78, 5) is 12.1. The molecule has 2 aromatic rings. The molecule has 0 spiro atoms. The number of hydrogen-bond donors (Lipinski definition) is 1. The highest BCUT2D eigenvalue weighted by atomic mass is 16.5. The van der Waals surface area contributed by atoms with E-state index in [2.05, 4.69) is 5.32 Å². The van der Waals surface area contributed by atoms with Gasteiger partial charge in [0.05, 0.1) is 6.10 Å². The third-order valence-corrected chi connectivity index (χ3v) is 3.59. The summed E-state index contributed by atoms with van der Waals surface area (Å²) in [7, 11) is 0. The molecule has 4 heteroatoms. The number of ether oxygens (including phenoxy) is 2. The summed E-state index contributed by atoms with van der Waals surface area (Å²) in [5, 5.41) is 2.88. The standard InChI is InChI=1S/C18H19NO3/c20-18(14-6-2-1-3-7-14)19-15-8-4-9-16(12-15)22-13-17-10-5-11-21-17/h1-4,6-9,12,17H,5,10-11,13H2,(H,19,20)/t17-/m0/s1. The molecular formula is C18H19NO3. The van der Waals surface area contributed by atoms with Gasteiger partial charge in [-0.1, -0.05) is 24.3 Å². The molecule has 22 heavy (non-hydrogen) atoms. The normalized spacial score (nSPS) is 17.2. The third kappa shape index (κ3) is 3.86. The van der Waals surface area contributed by atoms with Crippen molar-refractivity contribution in [3.63, 3.8) is 0 Å². The summed E-state index contributed by atoms with van der Waals surface area (Å²) >= 11 is 0. The maximum atomic E-state index is 12.1. The van der Waals surface area contributed by atoms with E-state index in [-0.39, 0.29) is 12.0 Å². The maximum Gasteiger partial charge on any atom is 0.255 e. The highest BCUT2D eigenvalue weighted by molar-refractivity contribution is 6.04. The molecule has 4 nitrogen and oxygen atoms in total. The van der Waals surface area contributed by atoms with Gasteiger partial charge in [0.1, 0.15) is 12.4 Å². The molecule has 0 unspecified atom stereocenters. The summed E-state index contributed by atoms with van der Waals surface area (Å²) in [6.45, 7) is 1.37. The van der Waals surface area contributed by atoms with Crippen molar-refractivity contribution in [1.29, 1.82) is 0 Å². The highest BCUT2D eigenvalue weighted by Gasteiger charge is 2.16. The molecule has 1 heterocycles. The molecule has 1 amide bonds. The summed E-state index contributed by atoms with van der Waals surface area (Å²) < 4.78 is 11.3. The minimum absolute atomic E-state index is 0.128. The predicted octanol–water partition coefficient (Wildman–Crippen LogP) is 3.50. The Bertz CT molecular complexity index is 621. The molecule has 1 aliphatic rings. The number of amides is 1. The van der Waals surface area contributed by atoms with Crippen LogP contribution in [0.4, 0.5) is 5.69 Å². The van der Waals surface area contributed by atoms with E-state index < -0.39 is 0 Å². The summed E-state index contributed by atoms with van der Waals surface area (Å²) in [5.41, 5.74) is 1.35. The second-order valence-electron chi connectivity index (χ2n) is 5.29. The SMILES string of the molecule is O=C(Nc1cccc(OC[C@@H]2CCCO2)c1)c1ccccc1. The average molecular weight is 297 g/mol. The first-order valence-electron chi connectivity index (χ1n) is 7.52. The van der Waals surface area contributed by atoms with Crippen molar-refractivity contribution in [2.45, 2.75) is 18.9 Å². The Morgan fingerprint density at radius 3 is 2.82 bits per heavy atom. The molecule has 1 aliphatic heterocycles. The van der Waals surface area contributed by atoms with Gasteiger partial charge in [-0.2, -0.15) is 0 Å². The molecule has 0 bridgehead atoms. The quantitative estimate of drug-likeness (QED) is 0.919. The van der Waals surface area contributed by atoms with Crippen LogP contribution in [0.3, 0.4) is 0 Å². The number of nitrogens with one attached hydrogen (secondary N) is 1. The van der Waals surface area contributed by atoms with Gasteiger partial charge in [-0.3, -0.25) is 4.79 Å². The number of carbonyl (C=O) groups is 1. The van der Waals surface area contributed by atoms with Crippen molar-refractivity contribution in [3.05, 3.63) is 60.2 Å². The predicted molar refractivity (Wildman–Crippen MR) is 85.3 cm³/mol. The molecule has 114 valence electrons. The van der Waals surface area contributed by atoms with Gasteiger partial charge in [-0.15, -0.1) is 0 Å². The van der Waals surface area contributed by atoms with Crippen LogP contribution in [0, 0.1) is 0 Å². The van der Waals surface area contributed by atoms with E-state index in [0.717, 1.165) is 30.9 Å². The van der Waals surface area contributed by atoms with E-state index in [1.807, 2.05) is 42.5 Å². The Morgan fingerprint density at radius 2 is 2.05 bits per heavy atom. The summed E-state index contributed by atoms with van der Waals surface area (Å²) in [6.07, 6.45) is 2.33. The molecule has 0 aliphatic carbocycles. The van der Waals surface area contributed by atoms with Crippen LogP contribution in [-0.4, -0.2) is 25.2 Å². The van der Waals surface area contributed by atoms with Gasteiger partial charge in [0, 0.05) is 23.9 Å². The molecule has 0 radical (unpaired) electrons. The van der Waals surface area contributed by atoms with Gasteiger partial charge in [0.15, 0.2) is 0 Å². The molecule has 0 aromatic heterocycles. The number of benzene rings is 2. The number of anilines is 1. The van der Waals surface area contributed by atoms with E-state index >= 15 is 0 Å². The highest BCUT2D eigenvalue weighted by Crippen LogP contribution is 2.20. The van der Waals surface area contributed by atoms with Crippen LogP contribution in [0.2, 0.25) is 0 Å². The van der Waals surface area contributed by atoms with Crippen LogP contribution in [0.1, 0.15) is 23.2 Å². The zero-order valence-corrected chi connectivity index (χ0v) is 12.3. The number of hydrogen-bond acceptors (Lipinski definition) is 3. The second kappa shape index (κ2) is 7.09. The average Bonchev–Trinajstić information content (AvgIpc) is 3.08. The van der Waals surface area contributed by atoms with E-state index in [9.17, 15) is 4.79 Å². The van der Waals surface area contributed by atoms with E-state index in [4.69, 9.17) is 9.47 Å². The fourth-order valence-electron chi connectivity index (χ4n) is 2.42. The van der Waals surface area contributed by atoms with Crippen LogP contribution in [0.15, 0.2) is 54.6 Å². The van der Waals surface area contributed by atoms with Crippen molar-refractivity contribution in [3.8, 4) is 5.75 Å². The molecule has 0 saturated carbocycles. The lowest BCUT2D eigenvalue weighted by Gasteiger charge is -2.12. The van der Waals surface area contributed by atoms with Crippen molar-refractivity contribution in [2.24, 2.45) is 0 Å². The van der Waals surface area contributed by atoms with Crippen LogP contribution >= 0.6 is 0 Å². The Hall–Kier alpha value is -2.33. The minimum atomic E-state index is -0.128. The lowest BCUT2D eigenvalue weighted by molar-refractivity contribution is 0.0680. The monoisotopic (exact) mass is 297 g/mol. The lowest BCUT2D eigenvalue weighted by Crippen LogP contribution is -2.16. The molecular weight excluding hydrogens is 278 g/mol. The van der Waals surface area contributed by atoms with E-state index in [1.165, 1.54) is 0 Å². The first-order valence-corrected chi connectivity index (χ1v) is 7.52. The Kier molecular flexibility index (Phi) is 4.71. The topological polar surface area (TPSA) is 47.6 Å². The van der Waals surface area contributed by atoms with E-state index in [1.54, 1.807) is 12.1 Å². The molecule has 2 aromatic carbocycles. The lowest BCUT2D eigenvalue weighted by atomic mass is 10.2. The van der Waals surface area contributed by atoms with Crippen molar-refractivity contribution < 1.29 is 14.3 Å². The summed E-state index contributed by atoms with van der Waals surface area (Å²) in [6, 6.07) is 16.6. The van der Waals surface area contributed by atoms with Gasteiger partial charge in [-0.05, 0) is 37.1 Å². The zero-order chi connectivity index (χ0) is 15.2. The van der Waals surface area contributed by atoms with Gasteiger partial charge in [0.2, 0.25) is 0 Å². The maximum absolute atomic E-state index is 12.1. The van der Waals surface area contributed by atoms with Crippen molar-refractivity contribution in [1.82, 2.24) is 0 Å². The molecule has 1 fully saturated rings. The van der Waals surface area contributed by atoms with Gasteiger partial charge < -0.3 is 14.8 Å². The van der Waals surface area contributed by atoms with Crippen LogP contribution < -0.4 is 10.1 Å². The van der Waals surface area contributed by atoms with Crippen molar-refractivity contribution in [2.75, 3.05) is 18.5 Å². The van der Waals surface area contributed by atoms with E-state index in [0.29, 0.717) is 12.2 Å². The molecule has 3 rings (SSSR count). The molecule has 1 atom stereocenters. The van der Waals surface area contributed by atoms with Gasteiger partial charge in [0.25, 0.3) is 5.91 Å². The summed E-state index contributed by atoms with van der Waals surface area (Å²) in [5.74, 6) is 0.609. The number of carbonyl (C=O) groups excluding carboxylic acids is 1. The largest absolute Gasteiger partial charge is 0.491 e. The molecule has 1 N–H and O–H groups in total.